The molecule has 0 unspecified atom stereocenters. The molecule has 0 spiro atoms. The number of fused-ring (bicyclic) bond motifs is 1. The summed E-state index contributed by atoms with van der Waals surface area (Å²) >= 11 is 3.41. The highest BCUT2D eigenvalue weighted by atomic mass is 79.9. The van der Waals surface area contributed by atoms with Gasteiger partial charge in [-0.3, -0.25) is 10.1 Å². The number of carbonyl (C=O) groups excluding carboxylic acids is 1. The summed E-state index contributed by atoms with van der Waals surface area (Å²) in [7, 11) is 0. The number of rotatable bonds is 4. The van der Waals surface area contributed by atoms with Crippen molar-refractivity contribution in [1.82, 2.24) is 0 Å². The number of nitrogens with zero attached hydrogens (tertiary/aromatic N) is 1. The Morgan fingerprint density at radius 3 is 2.31 bits per heavy atom. The van der Waals surface area contributed by atoms with Crippen LogP contribution < -0.4 is 0 Å². The zero-order valence-electron chi connectivity index (χ0n) is 16.0. The van der Waals surface area contributed by atoms with Gasteiger partial charge < -0.3 is 9.90 Å². The number of carbonyl (C=O) groups is 1. The average Bonchev–Trinajstić information content (AvgIpc) is 2.72. The Balaban J connectivity index is 1.93. The van der Waals surface area contributed by atoms with E-state index in [9.17, 15) is 20.0 Å². The first-order valence-corrected chi connectivity index (χ1v) is 10.9. The number of hydrogen-bond acceptors (Lipinski definition) is 4. The van der Waals surface area contributed by atoms with Gasteiger partial charge in [0, 0.05) is 15.3 Å². The summed E-state index contributed by atoms with van der Waals surface area (Å²) in [4.78, 5) is 24.5. The third-order valence-electron chi connectivity index (χ3n) is 6.95. The van der Waals surface area contributed by atoms with E-state index in [1.54, 1.807) is 0 Å². The number of hydrogen-bond donors (Lipinski definition) is 1. The van der Waals surface area contributed by atoms with Crippen molar-refractivity contribution in [2.24, 2.45) is 11.8 Å². The summed E-state index contributed by atoms with van der Waals surface area (Å²) < 4.78 is 0.867. The minimum absolute atomic E-state index is 0.227. The normalized spacial score (nSPS) is 34.2. The van der Waals surface area contributed by atoms with E-state index < -0.39 is 29.4 Å². The fraction of sp³-hybridized carbons (Fsp3) is 0.435. The molecular weight excluding hydrogens is 434 g/mol. The number of aliphatic hydroxyl groups is 1. The van der Waals surface area contributed by atoms with Crippen LogP contribution in [0.25, 0.3) is 0 Å². The third kappa shape index (κ3) is 3.42. The molecule has 2 aliphatic rings. The van der Waals surface area contributed by atoms with E-state index in [1.807, 2.05) is 54.6 Å². The van der Waals surface area contributed by atoms with E-state index >= 15 is 0 Å². The van der Waals surface area contributed by atoms with E-state index in [4.69, 9.17) is 0 Å². The Hall–Kier alpha value is -2.05. The maximum absolute atomic E-state index is 12.4. The highest BCUT2D eigenvalue weighted by Gasteiger charge is 2.63. The third-order valence-corrected chi connectivity index (χ3v) is 7.48. The van der Waals surface area contributed by atoms with Crippen molar-refractivity contribution >= 4 is 22.2 Å². The molecule has 29 heavy (non-hydrogen) atoms. The van der Waals surface area contributed by atoms with Crippen molar-refractivity contribution in [1.29, 1.82) is 0 Å². The van der Waals surface area contributed by atoms with Gasteiger partial charge in [0.1, 0.15) is 6.29 Å². The van der Waals surface area contributed by atoms with Gasteiger partial charge >= 0.3 is 0 Å². The van der Waals surface area contributed by atoms with Crippen molar-refractivity contribution in [2.45, 2.75) is 49.2 Å². The van der Waals surface area contributed by atoms with Crippen LogP contribution in [0.2, 0.25) is 0 Å². The fourth-order valence-corrected chi connectivity index (χ4v) is 6.02. The van der Waals surface area contributed by atoms with Gasteiger partial charge in [0.05, 0.1) is 23.4 Å². The minimum Gasteiger partial charge on any atom is -0.389 e. The molecule has 0 bridgehead atoms. The zero-order chi connectivity index (χ0) is 20.6. The topological polar surface area (TPSA) is 80.4 Å². The predicted octanol–water partition coefficient (Wildman–Crippen LogP) is 4.71. The first-order chi connectivity index (χ1) is 14.0. The first-order valence-electron chi connectivity index (χ1n) is 10.1. The molecule has 6 heteroatoms. The average molecular weight is 458 g/mol. The van der Waals surface area contributed by atoms with Crippen LogP contribution in [0.5, 0.6) is 0 Å². The van der Waals surface area contributed by atoms with Gasteiger partial charge in [0.25, 0.3) is 0 Å². The van der Waals surface area contributed by atoms with E-state index in [1.165, 1.54) is 0 Å². The summed E-state index contributed by atoms with van der Waals surface area (Å²) in [6.45, 7) is 0. The Morgan fingerprint density at radius 1 is 1.03 bits per heavy atom. The lowest BCUT2D eigenvalue weighted by molar-refractivity contribution is -0.541. The summed E-state index contributed by atoms with van der Waals surface area (Å²) in [5, 5.41) is 24.2. The molecule has 4 rings (SSSR count). The van der Waals surface area contributed by atoms with Crippen LogP contribution in [-0.4, -0.2) is 28.0 Å². The van der Waals surface area contributed by atoms with Gasteiger partial charge in [0.15, 0.2) is 0 Å². The predicted molar refractivity (Wildman–Crippen MR) is 113 cm³/mol. The Kier molecular flexibility index (Phi) is 5.58. The van der Waals surface area contributed by atoms with Crippen LogP contribution >= 0.6 is 15.9 Å². The van der Waals surface area contributed by atoms with Gasteiger partial charge in [-0.2, -0.15) is 0 Å². The summed E-state index contributed by atoms with van der Waals surface area (Å²) in [5.41, 5.74) is 0.362. The number of nitro groups is 1. The molecule has 2 aliphatic carbocycles. The molecular formula is C23H24BrNO4. The second-order valence-corrected chi connectivity index (χ2v) is 9.21. The number of aldehydes is 1. The Morgan fingerprint density at radius 2 is 1.69 bits per heavy atom. The fourth-order valence-electron chi connectivity index (χ4n) is 5.76. The lowest BCUT2D eigenvalue weighted by Crippen LogP contribution is -2.61. The molecule has 2 aromatic carbocycles. The maximum Gasteiger partial charge on any atom is 0.227 e. The molecule has 0 aliphatic heterocycles. The van der Waals surface area contributed by atoms with Gasteiger partial charge in [-0.15, -0.1) is 0 Å². The van der Waals surface area contributed by atoms with Gasteiger partial charge in [-0.25, -0.2) is 0 Å². The Labute approximate surface area is 178 Å². The molecule has 0 amide bonds. The van der Waals surface area contributed by atoms with E-state index in [2.05, 4.69) is 15.9 Å². The summed E-state index contributed by atoms with van der Waals surface area (Å²) in [6, 6.07) is 15.8. The molecule has 0 saturated heterocycles. The molecule has 0 radical (unpaired) electrons. The number of halogens is 1. The highest BCUT2D eigenvalue weighted by molar-refractivity contribution is 9.10. The molecule has 0 aromatic heterocycles. The molecule has 6 atom stereocenters. The quantitative estimate of drug-likeness (QED) is 0.409. The largest absolute Gasteiger partial charge is 0.389 e. The molecule has 2 aromatic rings. The van der Waals surface area contributed by atoms with Crippen LogP contribution in [-0.2, 0) is 4.79 Å². The van der Waals surface area contributed by atoms with Crippen molar-refractivity contribution in [3.63, 3.8) is 0 Å². The van der Waals surface area contributed by atoms with Crippen LogP contribution in [0, 0.1) is 22.0 Å². The van der Waals surface area contributed by atoms with Crippen molar-refractivity contribution in [3.8, 4) is 0 Å². The number of benzene rings is 2. The van der Waals surface area contributed by atoms with Crippen LogP contribution in [0.3, 0.4) is 0 Å². The van der Waals surface area contributed by atoms with Crippen molar-refractivity contribution in [3.05, 3.63) is 80.3 Å². The lowest BCUT2D eigenvalue weighted by atomic mass is 9.51. The second kappa shape index (κ2) is 8.00. The summed E-state index contributed by atoms with van der Waals surface area (Å²) in [5.74, 6) is -2.23. The van der Waals surface area contributed by atoms with Crippen LogP contribution in [0.4, 0.5) is 0 Å². The first kappa shape index (κ1) is 20.2. The standard InChI is InChI=1S/C23H24BrNO4/c24-17-11-9-16(10-12-17)21-19(14-26)23(27)13-5-4-8-18(23)20(22(21)25(28)29)15-6-2-1-3-7-15/h1-3,6-7,9-12,14,18-22,27H,4-5,8,13H2/t18-,19+,20-,21+,22+,23-/m0/s1. The molecule has 5 nitrogen and oxygen atoms in total. The Bertz CT molecular complexity index is 888. The SMILES string of the molecule is O=C[C@@H]1[C@@H](c2ccc(Br)cc2)[C@H]([N+](=O)[O-])[C@@H](c2ccccc2)[C@@H]2CCCC[C@@]12O. The minimum atomic E-state index is -1.23. The molecule has 2 fully saturated rings. The maximum atomic E-state index is 12.4. The van der Waals surface area contributed by atoms with Gasteiger partial charge in [0.2, 0.25) is 6.04 Å². The van der Waals surface area contributed by atoms with Gasteiger partial charge in [-0.1, -0.05) is 71.2 Å². The van der Waals surface area contributed by atoms with Crippen molar-refractivity contribution in [2.75, 3.05) is 0 Å². The summed E-state index contributed by atoms with van der Waals surface area (Å²) in [6.07, 6.45) is 3.70. The highest BCUT2D eigenvalue weighted by Crippen LogP contribution is 2.58. The van der Waals surface area contributed by atoms with E-state index in [-0.39, 0.29) is 10.8 Å². The van der Waals surface area contributed by atoms with E-state index in [0.717, 1.165) is 34.7 Å². The smallest absolute Gasteiger partial charge is 0.227 e. The van der Waals surface area contributed by atoms with Crippen LogP contribution in [0.1, 0.15) is 48.6 Å². The monoisotopic (exact) mass is 457 g/mol. The molecule has 0 heterocycles. The second-order valence-electron chi connectivity index (χ2n) is 8.30. The van der Waals surface area contributed by atoms with Gasteiger partial charge in [-0.05, 0) is 36.1 Å². The lowest BCUT2D eigenvalue weighted by Gasteiger charge is -2.54. The zero-order valence-corrected chi connectivity index (χ0v) is 17.6. The van der Waals surface area contributed by atoms with E-state index in [0.29, 0.717) is 12.8 Å². The molecule has 2 saturated carbocycles. The molecule has 1 N–H and O–H groups in total. The molecule has 152 valence electrons. The van der Waals surface area contributed by atoms with Crippen molar-refractivity contribution < 1.29 is 14.8 Å². The van der Waals surface area contributed by atoms with Crippen LogP contribution in [0.15, 0.2) is 59.1 Å².